The maximum absolute atomic E-state index is 13.5. The van der Waals surface area contributed by atoms with Crippen molar-refractivity contribution in [3.63, 3.8) is 0 Å². The van der Waals surface area contributed by atoms with Crippen molar-refractivity contribution in [2.24, 2.45) is 0 Å². The first-order chi connectivity index (χ1) is 16.1. The molecule has 1 aliphatic carbocycles. The third kappa shape index (κ3) is 4.49. The zero-order chi connectivity index (χ0) is 22.8. The minimum absolute atomic E-state index is 0.115. The molecular weight excluding hydrogens is 421 g/mol. The standard InChI is InChI=1S/C26H26FN3O3/c1-17(15-21-7-4-14-32-21)29-26(31)23-13-12-22(33-23)25-24(18-8-10-19(27)11-9-18)28-16-30(25)20-5-2-3-6-20/h4,7-14,16-17,20H,2-3,5-6,15H2,1H3,(H,29,31). The fraction of sp³-hybridized carbons (Fsp3) is 0.308. The summed E-state index contributed by atoms with van der Waals surface area (Å²) in [4.78, 5) is 17.5. The van der Waals surface area contributed by atoms with Crippen molar-refractivity contribution in [2.75, 3.05) is 0 Å². The Morgan fingerprint density at radius 3 is 2.70 bits per heavy atom. The second-order valence-corrected chi connectivity index (χ2v) is 8.62. The van der Waals surface area contributed by atoms with Gasteiger partial charge in [0.2, 0.25) is 0 Å². The molecule has 5 rings (SSSR count). The van der Waals surface area contributed by atoms with Crippen molar-refractivity contribution in [2.45, 2.75) is 51.1 Å². The van der Waals surface area contributed by atoms with Gasteiger partial charge >= 0.3 is 0 Å². The van der Waals surface area contributed by atoms with Crippen molar-refractivity contribution in [3.8, 4) is 22.7 Å². The first kappa shape index (κ1) is 21.2. The van der Waals surface area contributed by atoms with Crippen molar-refractivity contribution < 1.29 is 18.0 Å². The molecule has 1 atom stereocenters. The third-order valence-electron chi connectivity index (χ3n) is 6.16. The Balaban J connectivity index is 1.43. The van der Waals surface area contributed by atoms with Crippen LogP contribution in [0.15, 0.2) is 70.0 Å². The number of aromatic nitrogens is 2. The number of hydrogen-bond acceptors (Lipinski definition) is 4. The van der Waals surface area contributed by atoms with Gasteiger partial charge in [-0.15, -0.1) is 0 Å². The summed E-state index contributed by atoms with van der Waals surface area (Å²) in [6.45, 7) is 1.92. The van der Waals surface area contributed by atoms with Gasteiger partial charge in [0.15, 0.2) is 11.5 Å². The first-order valence-corrected chi connectivity index (χ1v) is 11.3. The zero-order valence-electron chi connectivity index (χ0n) is 18.5. The van der Waals surface area contributed by atoms with E-state index < -0.39 is 0 Å². The number of carbonyl (C=O) groups excluding carboxylic acids is 1. The van der Waals surface area contributed by atoms with Crippen molar-refractivity contribution in [1.29, 1.82) is 0 Å². The molecule has 1 fully saturated rings. The summed E-state index contributed by atoms with van der Waals surface area (Å²) in [5, 5.41) is 2.96. The van der Waals surface area contributed by atoms with Crippen molar-refractivity contribution in [1.82, 2.24) is 14.9 Å². The number of rotatable bonds is 7. The number of furan rings is 2. The molecule has 1 aromatic carbocycles. The summed E-state index contributed by atoms with van der Waals surface area (Å²) in [6.07, 6.45) is 8.54. The van der Waals surface area contributed by atoms with Crippen LogP contribution in [0.3, 0.4) is 0 Å². The Morgan fingerprint density at radius 2 is 1.97 bits per heavy atom. The largest absolute Gasteiger partial charge is 0.469 e. The van der Waals surface area contributed by atoms with Crippen LogP contribution in [0, 0.1) is 5.82 Å². The van der Waals surface area contributed by atoms with Gasteiger partial charge in [0.25, 0.3) is 5.91 Å². The molecule has 0 aliphatic heterocycles. The van der Waals surface area contributed by atoms with Crippen LogP contribution in [-0.4, -0.2) is 21.5 Å². The first-order valence-electron chi connectivity index (χ1n) is 11.3. The summed E-state index contributed by atoms with van der Waals surface area (Å²) in [5.74, 6) is 1.04. The highest BCUT2D eigenvalue weighted by Crippen LogP contribution is 2.39. The predicted molar refractivity (Wildman–Crippen MR) is 122 cm³/mol. The molecule has 4 aromatic rings. The Hall–Kier alpha value is -3.61. The lowest BCUT2D eigenvalue weighted by molar-refractivity contribution is 0.0912. The average Bonchev–Trinajstić information content (AvgIpc) is 3.60. The average molecular weight is 448 g/mol. The SMILES string of the molecule is CC(Cc1ccco1)NC(=O)c1ccc(-c2c(-c3ccc(F)cc3)ncn2C2CCCC2)o1. The van der Waals surface area contributed by atoms with Gasteiger partial charge in [-0.1, -0.05) is 12.8 Å². The minimum Gasteiger partial charge on any atom is -0.469 e. The van der Waals surface area contributed by atoms with Crippen LogP contribution >= 0.6 is 0 Å². The molecule has 0 bridgehead atoms. The smallest absolute Gasteiger partial charge is 0.287 e. The Labute approximate surface area is 191 Å². The van der Waals surface area contributed by atoms with E-state index in [4.69, 9.17) is 8.83 Å². The number of nitrogens with zero attached hydrogens (tertiary/aromatic N) is 2. The van der Waals surface area contributed by atoms with Gasteiger partial charge in [0.1, 0.15) is 17.3 Å². The van der Waals surface area contributed by atoms with Crippen molar-refractivity contribution >= 4 is 5.91 Å². The molecule has 1 N–H and O–H groups in total. The summed E-state index contributed by atoms with van der Waals surface area (Å²) in [7, 11) is 0. The summed E-state index contributed by atoms with van der Waals surface area (Å²) in [5.41, 5.74) is 2.34. The van der Waals surface area contributed by atoms with Crippen LogP contribution in [-0.2, 0) is 6.42 Å². The van der Waals surface area contributed by atoms with E-state index in [0.717, 1.165) is 35.6 Å². The van der Waals surface area contributed by atoms with Gasteiger partial charge in [-0.25, -0.2) is 9.37 Å². The number of hydrogen-bond donors (Lipinski definition) is 1. The van der Waals surface area contributed by atoms with Crippen molar-refractivity contribution in [3.05, 3.63) is 78.5 Å². The second-order valence-electron chi connectivity index (χ2n) is 8.62. The van der Waals surface area contributed by atoms with E-state index in [-0.39, 0.29) is 23.5 Å². The van der Waals surface area contributed by atoms with Gasteiger partial charge in [-0.3, -0.25) is 4.79 Å². The van der Waals surface area contributed by atoms with E-state index in [1.165, 1.54) is 25.0 Å². The van der Waals surface area contributed by atoms with E-state index in [9.17, 15) is 9.18 Å². The molecule has 1 aliphatic rings. The number of amides is 1. The van der Waals surface area contributed by atoms with Gasteiger partial charge < -0.3 is 18.7 Å². The van der Waals surface area contributed by atoms with Gasteiger partial charge in [-0.05, 0) is 68.3 Å². The number of nitrogens with one attached hydrogen (secondary N) is 1. The highest BCUT2D eigenvalue weighted by atomic mass is 19.1. The van der Waals surface area contributed by atoms with Crippen LogP contribution < -0.4 is 5.32 Å². The minimum atomic E-state index is -0.295. The van der Waals surface area contributed by atoms with Gasteiger partial charge in [0, 0.05) is 24.1 Å². The third-order valence-corrected chi connectivity index (χ3v) is 6.16. The lowest BCUT2D eigenvalue weighted by Gasteiger charge is -2.15. The predicted octanol–water partition coefficient (Wildman–Crippen LogP) is 6.02. The lowest BCUT2D eigenvalue weighted by Crippen LogP contribution is -2.33. The van der Waals surface area contributed by atoms with Crippen LogP contribution in [0.5, 0.6) is 0 Å². The fourth-order valence-electron chi connectivity index (χ4n) is 4.55. The van der Waals surface area contributed by atoms with Crippen LogP contribution in [0.25, 0.3) is 22.7 Å². The molecule has 1 unspecified atom stereocenters. The monoisotopic (exact) mass is 447 g/mol. The fourth-order valence-corrected chi connectivity index (χ4v) is 4.55. The van der Waals surface area contributed by atoms with Gasteiger partial charge in [0.05, 0.1) is 18.3 Å². The molecule has 0 saturated heterocycles. The molecule has 3 heterocycles. The molecule has 1 saturated carbocycles. The zero-order valence-corrected chi connectivity index (χ0v) is 18.5. The molecule has 0 spiro atoms. The summed E-state index contributed by atoms with van der Waals surface area (Å²) >= 11 is 0. The molecule has 6 nitrogen and oxygen atoms in total. The second kappa shape index (κ2) is 9.10. The highest BCUT2D eigenvalue weighted by molar-refractivity contribution is 5.92. The number of imidazole rings is 1. The highest BCUT2D eigenvalue weighted by Gasteiger charge is 2.26. The molecule has 7 heteroatoms. The van der Waals surface area contributed by atoms with Crippen LogP contribution in [0.2, 0.25) is 0 Å². The normalized spacial score (nSPS) is 15.1. The number of halogens is 1. The van der Waals surface area contributed by atoms with E-state index in [1.54, 1.807) is 24.5 Å². The Morgan fingerprint density at radius 1 is 1.18 bits per heavy atom. The number of benzene rings is 1. The number of carbonyl (C=O) groups is 1. The topological polar surface area (TPSA) is 73.2 Å². The van der Waals surface area contributed by atoms with E-state index in [1.807, 2.05) is 31.5 Å². The molecule has 1 amide bonds. The molecule has 3 aromatic heterocycles. The van der Waals surface area contributed by atoms with Gasteiger partial charge in [-0.2, -0.15) is 0 Å². The molecule has 0 radical (unpaired) electrons. The molecule has 33 heavy (non-hydrogen) atoms. The van der Waals surface area contributed by atoms with Crippen LogP contribution in [0.1, 0.15) is 55.0 Å². The van der Waals surface area contributed by atoms with E-state index >= 15 is 0 Å². The maximum Gasteiger partial charge on any atom is 0.287 e. The summed E-state index contributed by atoms with van der Waals surface area (Å²) in [6, 6.07) is 13.7. The quantitative estimate of drug-likeness (QED) is 0.376. The molecular formula is C26H26FN3O3. The maximum atomic E-state index is 13.5. The van der Waals surface area contributed by atoms with Crippen LogP contribution in [0.4, 0.5) is 4.39 Å². The Bertz CT molecular complexity index is 1220. The van der Waals surface area contributed by atoms with E-state index in [0.29, 0.717) is 18.2 Å². The van der Waals surface area contributed by atoms with E-state index in [2.05, 4.69) is 14.9 Å². The Kier molecular flexibility index (Phi) is 5.86. The molecule has 170 valence electrons. The lowest BCUT2D eigenvalue weighted by atomic mass is 10.1. The summed E-state index contributed by atoms with van der Waals surface area (Å²) < 4.78 is 27.0.